The number of nitrogens with two attached hydrogens (primary N) is 1. The predicted molar refractivity (Wildman–Crippen MR) is 90.8 cm³/mol. The highest BCUT2D eigenvalue weighted by Crippen LogP contribution is 2.24. The quantitative estimate of drug-likeness (QED) is 0.864. The van der Waals surface area contributed by atoms with Gasteiger partial charge in [-0.2, -0.15) is 0 Å². The number of rotatable bonds is 3. The van der Waals surface area contributed by atoms with E-state index >= 15 is 0 Å². The van der Waals surface area contributed by atoms with E-state index in [1.54, 1.807) is 0 Å². The molecule has 2 aromatic rings. The minimum Gasteiger partial charge on any atom is -0.399 e. The highest BCUT2D eigenvalue weighted by molar-refractivity contribution is 7.84. The number of nitrogen functional groups attached to an aromatic ring is 1. The largest absolute Gasteiger partial charge is 0.399 e. The zero-order valence-electron chi connectivity index (χ0n) is 13.1. The van der Waals surface area contributed by atoms with Crippen molar-refractivity contribution in [1.29, 1.82) is 0 Å². The molecule has 2 rings (SSSR count). The SMILES string of the molecule is Cc1ccc(N)cc1S(=O)Cc1ccc(C(C)(C)C)cc1. The molecular weight excluding hydrogens is 278 g/mol. The highest BCUT2D eigenvalue weighted by Gasteiger charge is 2.14. The van der Waals surface area contributed by atoms with Crippen LogP contribution in [0.15, 0.2) is 47.4 Å². The van der Waals surface area contributed by atoms with Crippen molar-refractivity contribution in [2.24, 2.45) is 0 Å². The van der Waals surface area contributed by atoms with Crippen LogP contribution in [0.1, 0.15) is 37.5 Å². The van der Waals surface area contributed by atoms with Crippen LogP contribution in [-0.2, 0) is 22.0 Å². The molecule has 0 bridgehead atoms. The molecule has 0 aromatic heterocycles. The molecule has 0 aliphatic rings. The molecule has 0 aliphatic carbocycles. The summed E-state index contributed by atoms with van der Waals surface area (Å²) in [7, 11) is -1.06. The molecular formula is C18H23NOS. The third-order valence-electron chi connectivity index (χ3n) is 3.58. The molecule has 3 heteroatoms. The lowest BCUT2D eigenvalue weighted by Crippen LogP contribution is -2.10. The summed E-state index contributed by atoms with van der Waals surface area (Å²) in [5.41, 5.74) is 9.99. The van der Waals surface area contributed by atoms with Crippen molar-refractivity contribution in [2.45, 2.75) is 43.8 Å². The smallest absolute Gasteiger partial charge is 0.0577 e. The fourth-order valence-electron chi connectivity index (χ4n) is 2.19. The van der Waals surface area contributed by atoms with Crippen LogP contribution >= 0.6 is 0 Å². The second-order valence-electron chi connectivity index (χ2n) is 6.46. The summed E-state index contributed by atoms with van der Waals surface area (Å²) in [6, 6.07) is 14.0. The molecule has 2 nitrogen and oxygen atoms in total. The van der Waals surface area contributed by atoms with Gasteiger partial charge in [-0.15, -0.1) is 0 Å². The first-order valence-electron chi connectivity index (χ1n) is 7.11. The van der Waals surface area contributed by atoms with Crippen LogP contribution < -0.4 is 5.73 Å². The topological polar surface area (TPSA) is 43.1 Å². The van der Waals surface area contributed by atoms with E-state index < -0.39 is 10.8 Å². The van der Waals surface area contributed by atoms with E-state index in [0.29, 0.717) is 11.4 Å². The molecule has 0 amide bonds. The van der Waals surface area contributed by atoms with Gasteiger partial charge in [0.1, 0.15) is 0 Å². The summed E-state index contributed by atoms with van der Waals surface area (Å²) in [5, 5.41) is 0. The van der Waals surface area contributed by atoms with Crippen molar-refractivity contribution in [3.8, 4) is 0 Å². The summed E-state index contributed by atoms with van der Waals surface area (Å²) in [5.74, 6) is 0.523. The highest BCUT2D eigenvalue weighted by atomic mass is 32.2. The third kappa shape index (κ3) is 3.94. The van der Waals surface area contributed by atoms with Crippen molar-refractivity contribution >= 4 is 16.5 Å². The first kappa shape index (κ1) is 15.8. The molecule has 1 unspecified atom stereocenters. The van der Waals surface area contributed by atoms with Crippen molar-refractivity contribution in [3.05, 3.63) is 59.2 Å². The van der Waals surface area contributed by atoms with Gasteiger partial charge in [0.25, 0.3) is 0 Å². The Hall–Kier alpha value is -1.61. The maximum Gasteiger partial charge on any atom is 0.0577 e. The van der Waals surface area contributed by atoms with Crippen LogP contribution in [-0.4, -0.2) is 4.21 Å². The Balaban J connectivity index is 2.18. The van der Waals surface area contributed by atoms with Gasteiger partial charge in [-0.25, -0.2) is 0 Å². The maximum absolute atomic E-state index is 12.5. The fraction of sp³-hybridized carbons (Fsp3) is 0.333. The Morgan fingerprint density at radius 1 is 1.05 bits per heavy atom. The van der Waals surface area contributed by atoms with Crippen LogP contribution in [0, 0.1) is 6.92 Å². The van der Waals surface area contributed by atoms with Gasteiger partial charge < -0.3 is 5.73 Å². The summed E-state index contributed by atoms with van der Waals surface area (Å²) in [4.78, 5) is 0.829. The number of hydrogen-bond acceptors (Lipinski definition) is 2. The Bertz CT molecular complexity index is 654. The zero-order valence-corrected chi connectivity index (χ0v) is 14.0. The molecule has 1 atom stereocenters. The van der Waals surface area contributed by atoms with Crippen LogP contribution in [0.4, 0.5) is 5.69 Å². The molecule has 0 spiro atoms. The maximum atomic E-state index is 12.5. The standard InChI is InChI=1S/C18H23NOS/c1-13-5-10-16(19)11-17(13)21(20)12-14-6-8-15(9-7-14)18(2,3)4/h5-11H,12,19H2,1-4H3. The number of hydrogen-bond donors (Lipinski definition) is 1. The van der Waals surface area contributed by atoms with E-state index in [-0.39, 0.29) is 5.41 Å². The monoisotopic (exact) mass is 301 g/mol. The van der Waals surface area contributed by atoms with Gasteiger partial charge in [-0.05, 0) is 41.2 Å². The number of aryl methyl sites for hydroxylation is 1. The molecule has 0 radical (unpaired) electrons. The normalized spacial score (nSPS) is 13.1. The van der Waals surface area contributed by atoms with Crippen LogP contribution in [0.2, 0.25) is 0 Å². The Morgan fingerprint density at radius 2 is 1.67 bits per heavy atom. The van der Waals surface area contributed by atoms with Crippen LogP contribution in [0.5, 0.6) is 0 Å². The molecule has 21 heavy (non-hydrogen) atoms. The predicted octanol–water partition coefficient (Wildman–Crippen LogP) is 4.18. The Morgan fingerprint density at radius 3 is 2.24 bits per heavy atom. The Labute approximate surface area is 129 Å². The van der Waals surface area contributed by atoms with Gasteiger partial charge in [0.2, 0.25) is 0 Å². The third-order valence-corrected chi connectivity index (χ3v) is 5.10. The van der Waals surface area contributed by atoms with E-state index in [1.165, 1.54) is 5.56 Å². The summed E-state index contributed by atoms with van der Waals surface area (Å²) in [6.45, 7) is 8.54. The van der Waals surface area contributed by atoms with E-state index in [4.69, 9.17) is 5.73 Å². The van der Waals surface area contributed by atoms with Gasteiger partial charge in [0.05, 0.1) is 16.6 Å². The molecule has 0 saturated heterocycles. The van der Waals surface area contributed by atoms with Crippen LogP contribution in [0.25, 0.3) is 0 Å². The van der Waals surface area contributed by atoms with Crippen molar-refractivity contribution < 1.29 is 4.21 Å². The lowest BCUT2D eigenvalue weighted by molar-refractivity contribution is 0.590. The lowest BCUT2D eigenvalue weighted by atomic mass is 9.87. The van der Waals surface area contributed by atoms with Crippen molar-refractivity contribution in [1.82, 2.24) is 0 Å². The first-order valence-corrected chi connectivity index (χ1v) is 8.43. The van der Waals surface area contributed by atoms with Gasteiger partial charge in [0.15, 0.2) is 0 Å². The second-order valence-corrected chi connectivity index (χ2v) is 7.88. The number of anilines is 1. The van der Waals surface area contributed by atoms with E-state index in [9.17, 15) is 4.21 Å². The average Bonchev–Trinajstić information content (AvgIpc) is 2.41. The summed E-state index contributed by atoms with van der Waals surface area (Å²) in [6.07, 6.45) is 0. The van der Waals surface area contributed by atoms with Gasteiger partial charge >= 0.3 is 0 Å². The number of benzene rings is 2. The van der Waals surface area contributed by atoms with E-state index in [0.717, 1.165) is 16.0 Å². The second kappa shape index (κ2) is 6.02. The molecule has 0 fully saturated rings. The molecule has 2 aromatic carbocycles. The van der Waals surface area contributed by atoms with Gasteiger partial charge in [-0.3, -0.25) is 4.21 Å². The molecule has 2 N–H and O–H groups in total. The molecule has 0 saturated carbocycles. The van der Waals surface area contributed by atoms with Crippen molar-refractivity contribution in [2.75, 3.05) is 5.73 Å². The zero-order chi connectivity index (χ0) is 15.6. The van der Waals surface area contributed by atoms with Crippen LogP contribution in [0.3, 0.4) is 0 Å². The molecule has 0 aliphatic heterocycles. The van der Waals surface area contributed by atoms with Gasteiger partial charge in [0, 0.05) is 10.6 Å². The summed E-state index contributed by atoms with van der Waals surface area (Å²) >= 11 is 0. The average molecular weight is 301 g/mol. The lowest BCUT2D eigenvalue weighted by Gasteiger charge is -2.19. The minimum absolute atomic E-state index is 0.141. The molecule has 112 valence electrons. The van der Waals surface area contributed by atoms with Gasteiger partial charge in [-0.1, -0.05) is 51.1 Å². The summed E-state index contributed by atoms with van der Waals surface area (Å²) < 4.78 is 12.5. The van der Waals surface area contributed by atoms with E-state index in [1.807, 2.05) is 25.1 Å². The van der Waals surface area contributed by atoms with Crippen molar-refractivity contribution in [3.63, 3.8) is 0 Å². The fourth-order valence-corrected chi connectivity index (χ4v) is 3.54. The first-order chi connectivity index (χ1) is 9.77. The van der Waals surface area contributed by atoms with E-state index in [2.05, 4.69) is 45.0 Å². The minimum atomic E-state index is -1.06. The molecule has 0 heterocycles. The Kier molecular flexibility index (Phi) is 4.52.